The number of hydrogen-bond acceptors (Lipinski definition) is 5. The first-order valence-corrected chi connectivity index (χ1v) is 12.7. The van der Waals surface area contributed by atoms with Gasteiger partial charge in [0.05, 0.1) is 24.2 Å². The highest BCUT2D eigenvalue weighted by molar-refractivity contribution is 6.30. The molecule has 0 unspecified atom stereocenters. The highest BCUT2D eigenvalue weighted by atomic mass is 35.5. The zero-order valence-corrected chi connectivity index (χ0v) is 25.1. The molecule has 38 heavy (non-hydrogen) atoms. The van der Waals surface area contributed by atoms with Gasteiger partial charge in [0, 0.05) is 49.0 Å². The van der Waals surface area contributed by atoms with Crippen molar-refractivity contribution >= 4 is 59.9 Å². The van der Waals surface area contributed by atoms with Crippen LogP contribution in [0.15, 0.2) is 42.5 Å². The molecule has 0 saturated carbocycles. The molecule has 2 aromatic carbocycles. The van der Waals surface area contributed by atoms with Crippen LogP contribution in [0.1, 0.15) is 30.7 Å². The van der Waals surface area contributed by atoms with Gasteiger partial charge in [0.15, 0.2) is 5.82 Å². The van der Waals surface area contributed by atoms with Crippen LogP contribution < -0.4 is 10.1 Å². The van der Waals surface area contributed by atoms with Gasteiger partial charge < -0.3 is 15.0 Å². The van der Waals surface area contributed by atoms with E-state index in [0.29, 0.717) is 24.1 Å². The topological polar surface area (TPSA) is 71.0 Å². The molecule has 7 nitrogen and oxygen atoms in total. The molecule has 1 fully saturated rings. The molecule has 0 bridgehead atoms. The van der Waals surface area contributed by atoms with E-state index in [2.05, 4.69) is 60.2 Å². The summed E-state index contributed by atoms with van der Waals surface area (Å²) in [5.41, 5.74) is 6.17. The Hall–Kier alpha value is -2.00. The van der Waals surface area contributed by atoms with Gasteiger partial charge in [-0.15, -0.1) is 37.2 Å². The Bertz CT molecular complexity index is 1320. The smallest absolute Gasteiger partial charge is 0.159 e. The number of benzene rings is 2. The van der Waals surface area contributed by atoms with Gasteiger partial charge >= 0.3 is 0 Å². The molecule has 0 atom stereocenters. The molecule has 0 aliphatic carbocycles. The van der Waals surface area contributed by atoms with Crippen molar-refractivity contribution in [3.63, 3.8) is 0 Å². The number of nitrogens with one attached hydrogen (secondary N) is 2. The van der Waals surface area contributed by atoms with Gasteiger partial charge in [-0.3, -0.25) is 9.58 Å². The monoisotopic (exact) mass is 600 g/mol. The van der Waals surface area contributed by atoms with Gasteiger partial charge in [0.1, 0.15) is 11.4 Å². The number of imidazole rings is 1. The summed E-state index contributed by atoms with van der Waals surface area (Å²) in [5.74, 6) is 2.07. The third-order valence-electron chi connectivity index (χ3n) is 6.30. The van der Waals surface area contributed by atoms with E-state index in [1.54, 1.807) is 0 Å². The molecule has 0 amide bonds. The summed E-state index contributed by atoms with van der Waals surface area (Å²) in [7, 11) is 0. The molecule has 1 saturated heterocycles. The van der Waals surface area contributed by atoms with E-state index in [9.17, 15) is 0 Å². The fourth-order valence-electron chi connectivity index (χ4n) is 4.41. The summed E-state index contributed by atoms with van der Waals surface area (Å²) in [4.78, 5) is 10.8. The Morgan fingerprint density at radius 1 is 1.00 bits per heavy atom. The van der Waals surface area contributed by atoms with Gasteiger partial charge in [-0.05, 0) is 54.8 Å². The highest BCUT2D eigenvalue weighted by Gasteiger charge is 2.15. The van der Waals surface area contributed by atoms with Gasteiger partial charge in [-0.1, -0.05) is 31.5 Å². The lowest BCUT2D eigenvalue weighted by Crippen LogP contribution is -2.42. The predicted octanol–water partition coefficient (Wildman–Crippen LogP) is 6.14. The molecule has 208 valence electrons. The molecule has 4 aromatic rings. The third-order valence-corrected chi connectivity index (χ3v) is 6.54. The first kappa shape index (κ1) is 32.2. The number of aryl methyl sites for hydroxylation is 1. The van der Waals surface area contributed by atoms with Gasteiger partial charge in [-0.25, -0.2) is 4.98 Å². The summed E-state index contributed by atoms with van der Waals surface area (Å²) in [6.07, 6.45) is 0. The Morgan fingerprint density at radius 2 is 1.76 bits per heavy atom. The van der Waals surface area contributed by atoms with Crippen LogP contribution in [0.25, 0.3) is 22.6 Å². The average Bonchev–Trinajstić information content (AvgIpc) is 3.42. The molecular weight excluding hydrogens is 566 g/mol. The van der Waals surface area contributed by atoms with Crippen molar-refractivity contribution in [1.29, 1.82) is 0 Å². The summed E-state index contributed by atoms with van der Waals surface area (Å²) >= 11 is 6.30. The molecular formula is C27H36Cl4N6O. The number of halogens is 4. The second kappa shape index (κ2) is 14.4. The number of piperazine rings is 1. The molecule has 3 heterocycles. The normalized spacial score (nSPS) is 13.6. The molecule has 11 heteroatoms. The third kappa shape index (κ3) is 7.78. The number of aromatic amines is 1. The molecule has 0 spiro atoms. The van der Waals surface area contributed by atoms with E-state index in [-0.39, 0.29) is 37.2 Å². The van der Waals surface area contributed by atoms with Crippen LogP contribution in [-0.2, 0) is 13.1 Å². The van der Waals surface area contributed by atoms with Crippen LogP contribution >= 0.6 is 48.8 Å². The number of nitrogens with zero attached hydrogens (tertiary/aromatic N) is 4. The fourth-order valence-corrected chi connectivity index (χ4v) is 4.61. The number of aromatic nitrogens is 4. The maximum absolute atomic E-state index is 6.30. The Labute approximate surface area is 247 Å². The SMILES string of the molecule is Cc1cc(-c2nc3cc(CN4CCNCC4)ccc3[nH]2)nn1Cc1cc(Cl)ccc1OCC(C)C.Cl.Cl.Cl. The molecule has 1 aliphatic heterocycles. The van der Waals surface area contributed by atoms with Crippen molar-refractivity contribution in [2.75, 3.05) is 32.8 Å². The van der Waals surface area contributed by atoms with Crippen molar-refractivity contribution in [2.24, 2.45) is 5.92 Å². The Kier molecular flexibility index (Phi) is 12.2. The minimum absolute atomic E-state index is 0. The van der Waals surface area contributed by atoms with Crippen molar-refractivity contribution in [3.8, 4) is 17.3 Å². The first-order chi connectivity index (χ1) is 16.9. The van der Waals surface area contributed by atoms with Crippen LogP contribution in [0.4, 0.5) is 0 Å². The Morgan fingerprint density at radius 3 is 2.50 bits per heavy atom. The lowest BCUT2D eigenvalue weighted by Gasteiger charge is -2.27. The van der Waals surface area contributed by atoms with Crippen molar-refractivity contribution in [2.45, 2.75) is 33.9 Å². The van der Waals surface area contributed by atoms with Crippen LogP contribution in [0.3, 0.4) is 0 Å². The van der Waals surface area contributed by atoms with Gasteiger partial charge in [0.25, 0.3) is 0 Å². The molecule has 2 aromatic heterocycles. The fraction of sp³-hybridized carbons (Fsp3) is 0.407. The minimum Gasteiger partial charge on any atom is -0.493 e. The van der Waals surface area contributed by atoms with Crippen LogP contribution in [0.5, 0.6) is 5.75 Å². The molecule has 1 aliphatic rings. The summed E-state index contributed by atoms with van der Waals surface area (Å²) < 4.78 is 8.02. The van der Waals surface area contributed by atoms with Crippen LogP contribution in [-0.4, -0.2) is 57.4 Å². The van der Waals surface area contributed by atoms with Crippen molar-refractivity contribution < 1.29 is 4.74 Å². The molecule has 2 N–H and O–H groups in total. The number of hydrogen-bond donors (Lipinski definition) is 2. The zero-order chi connectivity index (χ0) is 24.4. The summed E-state index contributed by atoms with van der Waals surface area (Å²) in [6, 6.07) is 14.3. The summed E-state index contributed by atoms with van der Waals surface area (Å²) in [5, 5.41) is 8.96. The van der Waals surface area contributed by atoms with Crippen molar-refractivity contribution in [1.82, 2.24) is 30.0 Å². The van der Waals surface area contributed by atoms with Crippen molar-refractivity contribution in [3.05, 3.63) is 64.3 Å². The lowest BCUT2D eigenvalue weighted by atomic mass is 10.2. The number of fused-ring (bicyclic) bond motifs is 1. The van der Waals surface area contributed by atoms with E-state index >= 15 is 0 Å². The second-order valence-corrected chi connectivity index (χ2v) is 10.2. The zero-order valence-electron chi connectivity index (χ0n) is 21.9. The maximum Gasteiger partial charge on any atom is 0.159 e. The quantitative estimate of drug-likeness (QED) is 0.254. The second-order valence-electron chi connectivity index (χ2n) is 9.75. The number of ether oxygens (including phenoxy) is 1. The minimum atomic E-state index is 0. The van der Waals surface area contributed by atoms with Crippen LogP contribution in [0.2, 0.25) is 5.02 Å². The first-order valence-electron chi connectivity index (χ1n) is 12.3. The summed E-state index contributed by atoms with van der Waals surface area (Å²) in [6.45, 7) is 12.8. The molecule has 0 radical (unpaired) electrons. The van der Waals surface area contributed by atoms with E-state index in [0.717, 1.165) is 72.3 Å². The van der Waals surface area contributed by atoms with E-state index in [1.807, 2.05) is 22.9 Å². The Balaban J connectivity index is 0.00000169. The van der Waals surface area contributed by atoms with E-state index < -0.39 is 0 Å². The average molecular weight is 602 g/mol. The van der Waals surface area contributed by atoms with E-state index in [4.69, 9.17) is 26.4 Å². The predicted molar refractivity (Wildman–Crippen MR) is 163 cm³/mol. The lowest BCUT2D eigenvalue weighted by molar-refractivity contribution is 0.233. The highest BCUT2D eigenvalue weighted by Crippen LogP contribution is 2.26. The molecule has 5 rings (SSSR count). The van der Waals surface area contributed by atoms with Gasteiger partial charge in [0.2, 0.25) is 0 Å². The largest absolute Gasteiger partial charge is 0.493 e. The number of rotatable bonds is 8. The van der Waals surface area contributed by atoms with E-state index in [1.165, 1.54) is 5.56 Å². The van der Waals surface area contributed by atoms with Gasteiger partial charge in [-0.2, -0.15) is 5.10 Å². The van der Waals surface area contributed by atoms with Crippen LogP contribution in [0, 0.1) is 12.8 Å². The number of H-pyrrole nitrogens is 1. The standard InChI is InChI=1S/C27H33ClN6O.3ClH/c1-18(2)17-35-26-7-5-22(28)14-21(26)16-34-19(3)12-25(32-34)27-30-23-6-4-20(13-24(23)31-27)15-33-10-8-29-9-11-33;;;/h4-7,12-14,18,29H,8-11,15-17H2,1-3H3,(H,30,31);3*1H. The maximum atomic E-state index is 6.30.